The molecule has 0 unspecified atom stereocenters. The van der Waals surface area contributed by atoms with E-state index in [9.17, 15) is 4.79 Å². The Morgan fingerprint density at radius 2 is 2.17 bits per heavy atom. The first kappa shape index (κ1) is 11.2. The standard InChI is InChI=1S/C9H16O3/c1-4-9(2,3)12-7-5-6-8(10)11/h5-6H,4,7H2,1-3H3,(H,10,11). The fourth-order valence-corrected chi connectivity index (χ4v) is 0.525. The number of carboxylic acid groups (broad SMARTS) is 1. The summed E-state index contributed by atoms with van der Waals surface area (Å²) >= 11 is 0. The van der Waals surface area contributed by atoms with Crippen LogP contribution in [0.5, 0.6) is 0 Å². The van der Waals surface area contributed by atoms with Crippen molar-refractivity contribution in [2.75, 3.05) is 6.61 Å². The van der Waals surface area contributed by atoms with Gasteiger partial charge in [0.15, 0.2) is 0 Å². The average molecular weight is 172 g/mol. The lowest BCUT2D eigenvalue weighted by Gasteiger charge is -2.22. The van der Waals surface area contributed by atoms with Crippen LogP contribution >= 0.6 is 0 Å². The monoisotopic (exact) mass is 172 g/mol. The minimum Gasteiger partial charge on any atom is -0.478 e. The SMILES string of the molecule is CCC(C)(C)OCC=CC(=O)O. The lowest BCUT2D eigenvalue weighted by molar-refractivity contribution is -0.131. The third-order valence-electron chi connectivity index (χ3n) is 1.68. The van der Waals surface area contributed by atoms with Crippen molar-refractivity contribution in [3.05, 3.63) is 12.2 Å². The van der Waals surface area contributed by atoms with E-state index in [4.69, 9.17) is 9.84 Å². The summed E-state index contributed by atoms with van der Waals surface area (Å²) < 4.78 is 5.38. The van der Waals surface area contributed by atoms with E-state index in [2.05, 4.69) is 0 Å². The van der Waals surface area contributed by atoms with E-state index in [1.807, 2.05) is 20.8 Å². The number of aliphatic carboxylic acids is 1. The summed E-state index contributed by atoms with van der Waals surface area (Å²) in [6, 6.07) is 0. The van der Waals surface area contributed by atoms with Gasteiger partial charge in [0.2, 0.25) is 0 Å². The highest BCUT2D eigenvalue weighted by Crippen LogP contribution is 2.12. The van der Waals surface area contributed by atoms with Gasteiger partial charge in [-0.25, -0.2) is 4.79 Å². The van der Waals surface area contributed by atoms with Gasteiger partial charge in [0.25, 0.3) is 0 Å². The van der Waals surface area contributed by atoms with Crippen molar-refractivity contribution < 1.29 is 14.6 Å². The Bertz CT molecular complexity index is 171. The molecule has 3 heteroatoms. The van der Waals surface area contributed by atoms with Gasteiger partial charge in [0.1, 0.15) is 0 Å². The number of carbonyl (C=O) groups is 1. The van der Waals surface area contributed by atoms with E-state index in [0.29, 0.717) is 6.61 Å². The second kappa shape index (κ2) is 4.93. The van der Waals surface area contributed by atoms with E-state index in [0.717, 1.165) is 12.5 Å². The maximum atomic E-state index is 10.1. The van der Waals surface area contributed by atoms with E-state index < -0.39 is 5.97 Å². The van der Waals surface area contributed by atoms with Gasteiger partial charge >= 0.3 is 5.97 Å². The zero-order chi connectivity index (χ0) is 9.61. The van der Waals surface area contributed by atoms with E-state index >= 15 is 0 Å². The van der Waals surface area contributed by atoms with Crippen LogP contribution in [0.15, 0.2) is 12.2 Å². The van der Waals surface area contributed by atoms with Gasteiger partial charge in [-0.1, -0.05) is 13.0 Å². The molecule has 70 valence electrons. The first-order valence-corrected chi connectivity index (χ1v) is 4.01. The molecule has 0 saturated heterocycles. The number of hydrogen-bond acceptors (Lipinski definition) is 2. The fraction of sp³-hybridized carbons (Fsp3) is 0.667. The number of carboxylic acids is 1. The molecule has 0 saturated carbocycles. The van der Waals surface area contributed by atoms with Crippen LogP contribution < -0.4 is 0 Å². The molecule has 0 aliphatic carbocycles. The van der Waals surface area contributed by atoms with Crippen LogP contribution in [-0.2, 0) is 9.53 Å². The van der Waals surface area contributed by atoms with Crippen LogP contribution in [0, 0.1) is 0 Å². The van der Waals surface area contributed by atoms with Crippen LogP contribution in [0.1, 0.15) is 27.2 Å². The molecule has 0 radical (unpaired) electrons. The van der Waals surface area contributed by atoms with Gasteiger partial charge in [-0.05, 0) is 20.3 Å². The maximum absolute atomic E-state index is 10.1. The molecule has 0 heterocycles. The molecule has 3 nitrogen and oxygen atoms in total. The molecule has 0 aromatic rings. The van der Waals surface area contributed by atoms with Crippen LogP contribution in [-0.4, -0.2) is 23.3 Å². The summed E-state index contributed by atoms with van der Waals surface area (Å²) in [6.45, 7) is 6.33. The Balaban J connectivity index is 3.63. The Morgan fingerprint density at radius 3 is 2.58 bits per heavy atom. The Labute approximate surface area is 73.0 Å². The van der Waals surface area contributed by atoms with Crippen molar-refractivity contribution in [3.8, 4) is 0 Å². The van der Waals surface area contributed by atoms with Gasteiger partial charge in [-0.3, -0.25) is 0 Å². The first-order chi connectivity index (χ1) is 5.48. The van der Waals surface area contributed by atoms with Crippen molar-refractivity contribution in [1.29, 1.82) is 0 Å². The van der Waals surface area contributed by atoms with Crippen molar-refractivity contribution in [3.63, 3.8) is 0 Å². The largest absolute Gasteiger partial charge is 0.478 e. The molecule has 0 spiro atoms. The Kier molecular flexibility index (Phi) is 4.59. The van der Waals surface area contributed by atoms with Gasteiger partial charge in [-0.15, -0.1) is 0 Å². The summed E-state index contributed by atoms with van der Waals surface area (Å²) in [7, 11) is 0. The van der Waals surface area contributed by atoms with Gasteiger partial charge in [0.05, 0.1) is 12.2 Å². The summed E-state index contributed by atoms with van der Waals surface area (Å²) in [4.78, 5) is 10.1. The summed E-state index contributed by atoms with van der Waals surface area (Å²) in [6.07, 6.45) is 3.50. The summed E-state index contributed by atoms with van der Waals surface area (Å²) in [5.74, 6) is -0.937. The van der Waals surface area contributed by atoms with Crippen molar-refractivity contribution in [2.24, 2.45) is 0 Å². The molecule has 0 aliphatic heterocycles. The Hall–Kier alpha value is -0.830. The summed E-state index contributed by atoms with van der Waals surface area (Å²) in [5.41, 5.74) is -0.164. The fourth-order valence-electron chi connectivity index (χ4n) is 0.525. The molecule has 0 atom stereocenters. The zero-order valence-corrected chi connectivity index (χ0v) is 7.83. The minimum atomic E-state index is -0.937. The van der Waals surface area contributed by atoms with Crippen LogP contribution in [0.2, 0.25) is 0 Å². The number of ether oxygens (including phenoxy) is 1. The molecule has 12 heavy (non-hydrogen) atoms. The van der Waals surface area contributed by atoms with Crippen molar-refractivity contribution in [2.45, 2.75) is 32.8 Å². The first-order valence-electron chi connectivity index (χ1n) is 4.01. The predicted octanol–water partition coefficient (Wildman–Crippen LogP) is 1.83. The maximum Gasteiger partial charge on any atom is 0.328 e. The second-order valence-corrected chi connectivity index (χ2v) is 3.16. The Morgan fingerprint density at radius 1 is 1.58 bits per heavy atom. The number of rotatable bonds is 5. The highest BCUT2D eigenvalue weighted by atomic mass is 16.5. The molecule has 0 fully saturated rings. The highest BCUT2D eigenvalue weighted by molar-refractivity contribution is 5.79. The van der Waals surface area contributed by atoms with E-state index in [-0.39, 0.29) is 5.60 Å². The lowest BCUT2D eigenvalue weighted by Crippen LogP contribution is -2.22. The van der Waals surface area contributed by atoms with Gasteiger partial charge < -0.3 is 9.84 Å². The van der Waals surface area contributed by atoms with Crippen LogP contribution in [0.4, 0.5) is 0 Å². The molecule has 0 amide bonds. The van der Waals surface area contributed by atoms with Crippen LogP contribution in [0.3, 0.4) is 0 Å². The molecule has 0 aromatic heterocycles. The minimum absolute atomic E-state index is 0.164. The molecular formula is C9H16O3. The molecular weight excluding hydrogens is 156 g/mol. The summed E-state index contributed by atoms with van der Waals surface area (Å²) in [5, 5.41) is 8.26. The van der Waals surface area contributed by atoms with Crippen molar-refractivity contribution in [1.82, 2.24) is 0 Å². The zero-order valence-electron chi connectivity index (χ0n) is 7.83. The van der Waals surface area contributed by atoms with E-state index in [1.54, 1.807) is 0 Å². The van der Waals surface area contributed by atoms with E-state index in [1.165, 1.54) is 6.08 Å². The molecule has 0 aromatic carbocycles. The van der Waals surface area contributed by atoms with Crippen molar-refractivity contribution >= 4 is 5.97 Å². The third kappa shape index (κ3) is 5.92. The number of hydrogen-bond donors (Lipinski definition) is 1. The topological polar surface area (TPSA) is 46.5 Å². The highest BCUT2D eigenvalue weighted by Gasteiger charge is 2.13. The predicted molar refractivity (Wildman–Crippen MR) is 47.1 cm³/mol. The molecule has 0 rings (SSSR count). The molecule has 0 bridgehead atoms. The average Bonchev–Trinajstić information content (AvgIpc) is 1.98. The smallest absolute Gasteiger partial charge is 0.328 e. The quantitative estimate of drug-likeness (QED) is 0.643. The normalized spacial score (nSPS) is 12.2. The molecule has 0 aliphatic rings. The lowest BCUT2D eigenvalue weighted by atomic mass is 10.1. The third-order valence-corrected chi connectivity index (χ3v) is 1.68. The van der Waals surface area contributed by atoms with Gasteiger partial charge in [-0.2, -0.15) is 0 Å². The second-order valence-electron chi connectivity index (χ2n) is 3.16. The van der Waals surface area contributed by atoms with Crippen LogP contribution in [0.25, 0.3) is 0 Å². The molecule has 1 N–H and O–H groups in total. The van der Waals surface area contributed by atoms with Gasteiger partial charge in [0, 0.05) is 6.08 Å².